The average Bonchev–Trinajstić information content (AvgIpc) is 2.37. The lowest BCUT2D eigenvalue weighted by atomic mass is 10.2. The van der Waals surface area contributed by atoms with Gasteiger partial charge in [0.25, 0.3) is 0 Å². The van der Waals surface area contributed by atoms with E-state index in [4.69, 9.17) is 10.5 Å². The molecule has 0 unspecified atom stereocenters. The van der Waals surface area contributed by atoms with E-state index in [1.54, 1.807) is 18.2 Å². The second kappa shape index (κ2) is 5.12. The predicted molar refractivity (Wildman–Crippen MR) is 64.2 cm³/mol. The summed E-state index contributed by atoms with van der Waals surface area (Å²) in [4.78, 5) is 15.5. The third-order valence-electron chi connectivity index (χ3n) is 2.19. The van der Waals surface area contributed by atoms with E-state index in [1.165, 1.54) is 0 Å². The lowest BCUT2D eigenvalue weighted by molar-refractivity contribution is 0.0466. The van der Waals surface area contributed by atoms with Gasteiger partial charge < -0.3 is 10.5 Å². The van der Waals surface area contributed by atoms with Crippen LogP contribution in [0.4, 0.5) is 5.82 Å². The molecule has 0 saturated carbocycles. The van der Waals surface area contributed by atoms with Crippen LogP contribution in [0.25, 0.3) is 0 Å². The minimum atomic E-state index is -0.471. The number of ether oxygens (including phenoxy) is 1. The molecule has 1 heterocycles. The smallest absolute Gasteiger partial charge is 0.357 e. The third-order valence-corrected chi connectivity index (χ3v) is 2.19. The third kappa shape index (κ3) is 3.04. The van der Waals surface area contributed by atoms with E-state index in [0.717, 1.165) is 5.56 Å². The summed E-state index contributed by atoms with van der Waals surface area (Å²) < 4.78 is 5.11. The molecule has 1 aromatic carbocycles. The van der Waals surface area contributed by atoms with Gasteiger partial charge in [-0.1, -0.05) is 36.4 Å². The van der Waals surface area contributed by atoms with Gasteiger partial charge in [-0.3, -0.25) is 0 Å². The second-order valence-corrected chi connectivity index (χ2v) is 3.51. The highest BCUT2D eigenvalue weighted by Gasteiger charge is 2.08. The number of benzene rings is 1. The molecule has 0 amide bonds. The van der Waals surface area contributed by atoms with Crippen LogP contribution in [-0.2, 0) is 11.3 Å². The number of hydrogen-bond acceptors (Lipinski definition) is 4. The first kappa shape index (κ1) is 11.1. The van der Waals surface area contributed by atoms with Gasteiger partial charge in [-0.15, -0.1) is 0 Å². The summed E-state index contributed by atoms with van der Waals surface area (Å²) in [6.07, 6.45) is 0. The number of aromatic nitrogens is 1. The van der Waals surface area contributed by atoms with Gasteiger partial charge in [-0.05, 0) is 17.7 Å². The Labute approximate surface area is 99.1 Å². The summed E-state index contributed by atoms with van der Waals surface area (Å²) in [5.41, 5.74) is 6.64. The van der Waals surface area contributed by atoms with E-state index in [1.807, 2.05) is 30.3 Å². The van der Waals surface area contributed by atoms with E-state index in [9.17, 15) is 4.79 Å². The highest BCUT2D eigenvalue weighted by atomic mass is 16.5. The molecule has 2 aromatic rings. The Bertz CT molecular complexity index is 512. The van der Waals surface area contributed by atoms with Gasteiger partial charge in [0.15, 0.2) is 5.69 Å². The fourth-order valence-electron chi connectivity index (χ4n) is 1.36. The zero-order chi connectivity index (χ0) is 12.1. The van der Waals surface area contributed by atoms with Gasteiger partial charge in [0, 0.05) is 0 Å². The Morgan fingerprint density at radius 1 is 1.12 bits per heavy atom. The Balaban J connectivity index is 1.98. The lowest BCUT2D eigenvalue weighted by Gasteiger charge is -2.04. The van der Waals surface area contributed by atoms with Crippen molar-refractivity contribution in [2.24, 2.45) is 0 Å². The number of nitrogens with two attached hydrogens (primary N) is 1. The summed E-state index contributed by atoms with van der Waals surface area (Å²) in [7, 11) is 0. The number of rotatable bonds is 3. The standard InChI is InChI=1S/C13H12N2O2/c14-12-8-4-7-11(15-12)13(16)17-9-10-5-2-1-3-6-10/h1-8H,9H2,(H2,14,15). The van der Waals surface area contributed by atoms with Crippen LogP contribution in [0.1, 0.15) is 16.1 Å². The molecule has 2 rings (SSSR count). The van der Waals surface area contributed by atoms with Crippen molar-refractivity contribution in [1.29, 1.82) is 0 Å². The predicted octanol–water partition coefficient (Wildman–Crippen LogP) is 2.02. The van der Waals surface area contributed by atoms with Crippen LogP contribution < -0.4 is 5.73 Å². The maximum atomic E-state index is 11.6. The van der Waals surface area contributed by atoms with E-state index in [0.29, 0.717) is 5.82 Å². The largest absolute Gasteiger partial charge is 0.456 e. The monoisotopic (exact) mass is 228 g/mol. The molecule has 17 heavy (non-hydrogen) atoms. The molecule has 4 nitrogen and oxygen atoms in total. The van der Waals surface area contributed by atoms with Crippen LogP contribution in [0.5, 0.6) is 0 Å². The SMILES string of the molecule is Nc1cccc(C(=O)OCc2ccccc2)n1. The minimum Gasteiger partial charge on any atom is -0.456 e. The number of pyridine rings is 1. The molecule has 4 heteroatoms. The number of carbonyl (C=O) groups is 1. The van der Waals surface area contributed by atoms with Crippen LogP contribution in [0, 0.1) is 0 Å². The molecular weight excluding hydrogens is 216 g/mol. The topological polar surface area (TPSA) is 65.2 Å². The van der Waals surface area contributed by atoms with Crippen LogP contribution in [-0.4, -0.2) is 11.0 Å². The number of nitrogen functional groups attached to an aromatic ring is 1. The van der Waals surface area contributed by atoms with Gasteiger partial charge in [-0.25, -0.2) is 9.78 Å². The molecule has 0 fully saturated rings. The fraction of sp³-hybridized carbons (Fsp3) is 0.0769. The van der Waals surface area contributed by atoms with Crippen molar-refractivity contribution in [3.8, 4) is 0 Å². The van der Waals surface area contributed by atoms with Gasteiger partial charge in [0.1, 0.15) is 12.4 Å². The lowest BCUT2D eigenvalue weighted by Crippen LogP contribution is -2.08. The zero-order valence-corrected chi connectivity index (χ0v) is 9.17. The maximum Gasteiger partial charge on any atom is 0.357 e. The summed E-state index contributed by atoms with van der Waals surface area (Å²) in [5.74, 6) is -0.166. The van der Waals surface area contributed by atoms with Crippen molar-refractivity contribution in [2.75, 3.05) is 5.73 Å². The Morgan fingerprint density at radius 3 is 2.59 bits per heavy atom. The van der Waals surface area contributed by atoms with Crippen LogP contribution in [0.3, 0.4) is 0 Å². The van der Waals surface area contributed by atoms with E-state index in [2.05, 4.69) is 4.98 Å². The molecule has 0 aliphatic rings. The van der Waals surface area contributed by atoms with Crippen LogP contribution in [0.15, 0.2) is 48.5 Å². The molecule has 0 saturated heterocycles. The molecule has 0 atom stereocenters. The number of esters is 1. The van der Waals surface area contributed by atoms with Crippen molar-refractivity contribution in [2.45, 2.75) is 6.61 Å². The van der Waals surface area contributed by atoms with Crippen molar-refractivity contribution >= 4 is 11.8 Å². The summed E-state index contributed by atoms with van der Waals surface area (Å²) >= 11 is 0. The van der Waals surface area contributed by atoms with Crippen molar-refractivity contribution in [3.63, 3.8) is 0 Å². The van der Waals surface area contributed by atoms with Crippen molar-refractivity contribution < 1.29 is 9.53 Å². The summed E-state index contributed by atoms with van der Waals surface area (Å²) in [6.45, 7) is 0.232. The van der Waals surface area contributed by atoms with Crippen molar-refractivity contribution in [1.82, 2.24) is 4.98 Å². The van der Waals surface area contributed by atoms with Crippen LogP contribution in [0.2, 0.25) is 0 Å². The summed E-state index contributed by atoms with van der Waals surface area (Å²) in [5, 5.41) is 0. The molecule has 0 radical (unpaired) electrons. The molecule has 86 valence electrons. The zero-order valence-electron chi connectivity index (χ0n) is 9.17. The first-order valence-electron chi connectivity index (χ1n) is 5.19. The molecule has 2 N–H and O–H groups in total. The Hall–Kier alpha value is -2.36. The molecule has 0 spiro atoms. The van der Waals surface area contributed by atoms with Crippen molar-refractivity contribution in [3.05, 3.63) is 59.8 Å². The van der Waals surface area contributed by atoms with Crippen LogP contribution >= 0.6 is 0 Å². The maximum absolute atomic E-state index is 11.6. The van der Waals surface area contributed by atoms with Gasteiger partial charge in [0.05, 0.1) is 0 Å². The van der Waals surface area contributed by atoms with E-state index < -0.39 is 5.97 Å². The molecule has 0 aliphatic carbocycles. The molecular formula is C13H12N2O2. The van der Waals surface area contributed by atoms with Gasteiger partial charge in [0.2, 0.25) is 0 Å². The first-order valence-corrected chi connectivity index (χ1v) is 5.19. The molecule has 0 bridgehead atoms. The number of nitrogens with zero attached hydrogens (tertiary/aromatic N) is 1. The van der Waals surface area contributed by atoms with Gasteiger partial charge >= 0.3 is 5.97 Å². The van der Waals surface area contributed by atoms with E-state index in [-0.39, 0.29) is 12.3 Å². The second-order valence-electron chi connectivity index (χ2n) is 3.51. The average molecular weight is 228 g/mol. The minimum absolute atomic E-state index is 0.223. The van der Waals surface area contributed by atoms with Gasteiger partial charge in [-0.2, -0.15) is 0 Å². The first-order chi connectivity index (χ1) is 8.25. The van der Waals surface area contributed by atoms with E-state index >= 15 is 0 Å². The number of carbonyl (C=O) groups excluding carboxylic acids is 1. The number of hydrogen-bond donors (Lipinski definition) is 1. The highest BCUT2D eigenvalue weighted by molar-refractivity contribution is 5.87. The Morgan fingerprint density at radius 2 is 1.88 bits per heavy atom. The normalized spacial score (nSPS) is 9.88. The highest BCUT2D eigenvalue weighted by Crippen LogP contribution is 2.06. The Kier molecular flexibility index (Phi) is 3.35. The quantitative estimate of drug-likeness (QED) is 0.816. The summed E-state index contributed by atoms with van der Waals surface area (Å²) in [6, 6.07) is 14.3. The molecule has 0 aliphatic heterocycles. The molecule has 1 aromatic heterocycles. The number of anilines is 1. The fourth-order valence-corrected chi connectivity index (χ4v) is 1.36.